The maximum absolute atomic E-state index is 12.8. The van der Waals surface area contributed by atoms with Crippen molar-refractivity contribution in [3.63, 3.8) is 0 Å². The highest BCUT2D eigenvalue weighted by Gasteiger charge is 2.11. The molecule has 0 fully saturated rings. The Hall–Kier alpha value is -3.53. The number of hydrogen-bond acceptors (Lipinski definition) is 4. The summed E-state index contributed by atoms with van der Waals surface area (Å²) < 4.78 is 17.3. The third-order valence-corrected chi connectivity index (χ3v) is 4.79. The van der Waals surface area contributed by atoms with E-state index in [1.807, 2.05) is 49.4 Å². The lowest BCUT2D eigenvalue weighted by atomic mass is 10.1. The van der Waals surface area contributed by atoms with E-state index in [4.69, 9.17) is 13.9 Å². The summed E-state index contributed by atoms with van der Waals surface area (Å²) in [5.74, 6) is 1.51. The molecule has 0 aliphatic carbocycles. The van der Waals surface area contributed by atoms with Crippen molar-refractivity contribution >= 4 is 11.0 Å². The number of rotatable bonds is 7. The van der Waals surface area contributed by atoms with E-state index in [9.17, 15) is 4.79 Å². The van der Waals surface area contributed by atoms with Gasteiger partial charge in [0.15, 0.2) is 0 Å². The smallest absolute Gasteiger partial charge is 0.235 e. The van der Waals surface area contributed by atoms with Crippen molar-refractivity contribution in [2.75, 3.05) is 6.61 Å². The van der Waals surface area contributed by atoms with Crippen LogP contribution in [0.15, 0.2) is 88.3 Å². The Balaban J connectivity index is 1.51. The summed E-state index contributed by atoms with van der Waals surface area (Å²) in [6.45, 7) is 2.60. The molecule has 29 heavy (non-hydrogen) atoms. The molecule has 1 aromatic heterocycles. The Kier molecular flexibility index (Phi) is 5.61. The van der Waals surface area contributed by atoms with Gasteiger partial charge in [-0.2, -0.15) is 0 Å². The summed E-state index contributed by atoms with van der Waals surface area (Å²) in [6.07, 6.45) is 3.00. The zero-order valence-electron chi connectivity index (χ0n) is 16.3. The molecular formula is C25H22O4. The molecule has 0 unspecified atom stereocenters. The van der Waals surface area contributed by atoms with E-state index >= 15 is 0 Å². The Bertz CT molecular complexity index is 1160. The highest BCUT2D eigenvalue weighted by Crippen LogP contribution is 2.26. The first-order valence-electron chi connectivity index (χ1n) is 9.72. The van der Waals surface area contributed by atoms with E-state index in [2.05, 4.69) is 12.1 Å². The van der Waals surface area contributed by atoms with Crippen molar-refractivity contribution in [2.45, 2.75) is 19.8 Å². The van der Waals surface area contributed by atoms with E-state index in [-0.39, 0.29) is 11.2 Å². The van der Waals surface area contributed by atoms with Gasteiger partial charge in [0, 0.05) is 12.5 Å². The van der Waals surface area contributed by atoms with Crippen molar-refractivity contribution in [2.24, 2.45) is 0 Å². The summed E-state index contributed by atoms with van der Waals surface area (Å²) in [5.41, 5.74) is 2.53. The first-order chi connectivity index (χ1) is 14.2. The number of hydrogen-bond donors (Lipinski definition) is 0. The van der Waals surface area contributed by atoms with Crippen LogP contribution < -0.4 is 14.9 Å². The van der Waals surface area contributed by atoms with Crippen molar-refractivity contribution in [3.05, 3.63) is 100 Å². The third kappa shape index (κ3) is 4.32. The fourth-order valence-corrected chi connectivity index (χ4v) is 3.20. The second-order valence-corrected chi connectivity index (χ2v) is 6.73. The van der Waals surface area contributed by atoms with E-state index < -0.39 is 0 Å². The molecule has 0 aliphatic rings. The van der Waals surface area contributed by atoms with Gasteiger partial charge < -0.3 is 13.9 Å². The number of aryl methyl sites for hydroxylation is 1. The van der Waals surface area contributed by atoms with E-state index in [0.29, 0.717) is 29.1 Å². The molecule has 4 heteroatoms. The molecule has 4 nitrogen and oxygen atoms in total. The SMILES string of the molecule is CCc1ccccc1Oc1coc2cc(OCCc3ccccc3)ccc2c1=O. The number of fused-ring (bicyclic) bond motifs is 1. The largest absolute Gasteiger partial charge is 0.493 e. The standard InChI is InChI=1S/C25H22O4/c1-2-19-10-6-7-11-22(19)29-24-17-28-23-16-20(12-13-21(23)25(24)26)27-15-14-18-8-4-3-5-9-18/h3-13,16-17H,2,14-15H2,1H3. The van der Waals surface area contributed by atoms with Crippen LogP contribution in [0.5, 0.6) is 17.2 Å². The van der Waals surface area contributed by atoms with Crippen LogP contribution in [0, 0.1) is 0 Å². The van der Waals surface area contributed by atoms with E-state index in [1.54, 1.807) is 18.2 Å². The maximum atomic E-state index is 12.8. The van der Waals surface area contributed by atoms with E-state index in [1.165, 1.54) is 11.8 Å². The van der Waals surface area contributed by atoms with Crippen molar-refractivity contribution < 1.29 is 13.9 Å². The average Bonchev–Trinajstić information content (AvgIpc) is 2.77. The highest BCUT2D eigenvalue weighted by molar-refractivity contribution is 5.79. The summed E-state index contributed by atoms with van der Waals surface area (Å²) in [5, 5.41) is 0.465. The van der Waals surface area contributed by atoms with Crippen LogP contribution >= 0.6 is 0 Å². The van der Waals surface area contributed by atoms with Gasteiger partial charge in [0.2, 0.25) is 11.2 Å². The Morgan fingerprint density at radius 1 is 0.897 bits per heavy atom. The van der Waals surface area contributed by atoms with Crippen LogP contribution in [-0.4, -0.2) is 6.61 Å². The van der Waals surface area contributed by atoms with Crippen molar-refractivity contribution in [1.82, 2.24) is 0 Å². The Morgan fingerprint density at radius 3 is 2.52 bits per heavy atom. The summed E-state index contributed by atoms with van der Waals surface area (Å²) in [6, 6.07) is 23.1. The summed E-state index contributed by atoms with van der Waals surface area (Å²) in [7, 11) is 0. The fraction of sp³-hybridized carbons (Fsp3) is 0.160. The molecule has 0 N–H and O–H groups in total. The third-order valence-electron chi connectivity index (χ3n) is 4.79. The molecule has 0 atom stereocenters. The molecule has 3 aromatic carbocycles. The lowest BCUT2D eigenvalue weighted by Gasteiger charge is -2.10. The summed E-state index contributed by atoms with van der Waals surface area (Å²) in [4.78, 5) is 12.8. The van der Waals surface area contributed by atoms with Crippen LogP contribution in [0.2, 0.25) is 0 Å². The quantitative estimate of drug-likeness (QED) is 0.405. The van der Waals surface area contributed by atoms with Crippen molar-refractivity contribution in [3.8, 4) is 17.2 Å². The Morgan fingerprint density at radius 2 is 1.69 bits per heavy atom. The molecule has 4 rings (SSSR count). The predicted octanol–water partition coefficient (Wildman–Crippen LogP) is 5.77. The number of benzene rings is 3. The minimum absolute atomic E-state index is 0.177. The topological polar surface area (TPSA) is 48.7 Å². The van der Waals surface area contributed by atoms with Gasteiger partial charge in [-0.05, 0) is 35.7 Å². The monoisotopic (exact) mass is 386 g/mol. The molecule has 0 aliphatic heterocycles. The second kappa shape index (κ2) is 8.65. The average molecular weight is 386 g/mol. The Labute approximate surface area is 169 Å². The second-order valence-electron chi connectivity index (χ2n) is 6.73. The van der Waals surface area contributed by atoms with Gasteiger partial charge in [-0.15, -0.1) is 0 Å². The normalized spacial score (nSPS) is 10.8. The molecule has 0 saturated carbocycles. The molecule has 0 spiro atoms. The fourth-order valence-electron chi connectivity index (χ4n) is 3.20. The molecule has 4 aromatic rings. The lowest BCUT2D eigenvalue weighted by Crippen LogP contribution is -2.06. The molecule has 0 amide bonds. The minimum atomic E-state index is -0.201. The maximum Gasteiger partial charge on any atom is 0.235 e. The number of ether oxygens (including phenoxy) is 2. The van der Waals surface area contributed by atoms with Gasteiger partial charge in [0.05, 0.1) is 12.0 Å². The molecule has 0 radical (unpaired) electrons. The van der Waals surface area contributed by atoms with E-state index in [0.717, 1.165) is 18.4 Å². The van der Waals surface area contributed by atoms with Crippen molar-refractivity contribution in [1.29, 1.82) is 0 Å². The van der Waals surface area contributed by atoms with Gasteiger partial charge in [-0.3, -0.25) is 4.79 Å². The van der Waals surface area contributed by atoms with Crippen LogP contribution in [0.3, 0.4) is 0 Å². The van der Waals surface area contributed by atoms with Gasteiger partial charge in [0.1, 0.15) is 23.3 Å². The van der Waals surface area contributed by atoms with Gasteiger partial charge in [-0.25, -0.2) is 0 Å². The summed E-state index contributed by atoms with van der Waals surface area (Å²) >= 11 is 0. The highest BCUT2D eigenvalue weighted by atomic mass is 16.5. The predicted molar refractivity (Wildman–Crippen MR) is 114 cm³/mol. The molecule has 0 saturated heterocycles. The van der Waals surface area contributed by atoms with Crippen LogP contribution in [0.1, 0.15) is 18.1 Å². The zero-order chi connectivity index (χ0) is 20.1. The first-order valence-corrected chi connectivity index (χ1v) is 9.72. The van der Waals surface area contributed by atoms with Crippen LogP contribution in [0.4, 0.5) is 0 Å². The van der Waals surface area contributed by atoms with Gasteiger partial charge in [-0.1, -0.05) is 55.5 Å². The van der Waals surface area contributed by atoms with Gasteiger partial charge >= 0.3 is 0 Å². The van der Waals surface area contributed by atoms with Crippen LogP contribution in [0.25, 0.3) is 11.0 Å². The number of para-hydroxylation sites is 1. The molecule has 0 bridgehead atoms. The molecule has 1 heterocycles. The van der Waals surface area contributed by atoms with Gasteiger partial charge in [0.25, 0.3) is 0 Å². The zero-order valence-corrected chi connectivity index (χ0v) is 16.3. The molecular weight excluding hydrogens is 364 g/mol. The molecule has 146 valence electrons. The minimum Gasteiger partial charge on any atom is -0.493 e. The lowest BCUT2D eigenvalue weighted by molar-refractivity contribution is 0.322. The van der Waals surface area contributed by atoms with Crippen LogP contribution in [-0.2, 0) is 12.8 Å². The first kappa shape index (κ1) is 18.8.